The van der Waals surface area contributed by atoms with Crippen molar-refractivity contribution < 1.29 is 4.52 Å². The molecule has 2 N–H and O–H groups in total. The summed E-state index contributed by atoms with van der Waals surface area (Å²) in [6, 6.07) is 5.11. The van der Waals surface area contributed by atoms with Crippen LogP contribution in [0.3, 0.4) is 0 Å². The van der Waals surface area contributed by atoms with Crippen molar-refractivity contribution in [1.29, 1.82) is 0 Å². The van der Waals surface area contributed by atoms with Crippen LogP contribution in [0.5, 0.6) is 0 Å². The molecule has 2 aromatic rings. The highest BCUT2D eigenvalue weighted by molar-refractivity contribution is 6.35. The SMILES string of the molecule is NC1(c2noc(-c3cc(Cl)cc(Cl)c3)n2)CCC1. The van der Waals surface area contributed by atoms with Crippen molar-refractivity contribution >= 4 is 23.2 Å². The summed E-state index contributed by atoms with van der Waals surface area (Å²) in [6.07, 6.45) is 2.88. The van der Waals surface area contributed by atoms with E-state index in [0.29, 0.717) is 27.3 Å². The molecule has 0 aliphatic heterocycles. The predicted octanol–water partition coefficient (Wildman–Crippen LogP) is 3.38. The fourth-order valence-electron chi connectivity index (χ4n) is 2.00. The monoisotopic (exact) mass is 283 g/mol. The molecule has 1 saturated carbocycles. The fraction of sp³-hybridized carbons (Fsp3) is 0.333. The first-order chi connectivity index (χ1) is 8.57. The zero-order chi connectivity index (χ0) is 12.8. The van der Waals surface area contributed by atoms with Crippen molar-refractivity contribution in [3.8, 4) is 11.5 Å². The maximum absolute atomic E-state index is 6.14. The van der Waals surface area contributed by atoms with E-state index in [1.54, 1.807) is 18.2 Å². The Hall–Kier alpha value is -1.10. The van der Waals surface area contributed by atoms with E-state index in [2.05, 4.69) is 10.1 Å². The van der Waals surface area contributed by atoms with Crippen LogP contribution >= 0.6 is 23.2 Å². The molecule has 1 fully saturated rings. The molecular weight excluding hydrogens is 273 g/mol. The standard InChI is InChI=1S/C12H11Cl2N3O/c13-8-4-7(5-9(14)6-8)10-16-11(17-18-10)12(15)2-1-3-12/h4-6H,1-3,15H2. The van der Waals surface area contributed by atoms with Gasteiger partial charge in [0.2, 0.25) is 0 Å². The summed E-state index contributed by atoms with van der Waals surface area (Å²) in [4.78, 5) is 4.34. The molecule has 0 atom stereocenters. The normalized spacial score (nSPS) is 17.5. The highest BCUT2D eigenvalue weighted by Crippen LogP contribution is 2.38. The second-order valence-corrected chi connectivity index (χ2v) is 5.46. The first-order valence-corrected chi connectivity index (χ1v) is 6.42. The maximum Gasteiger partial charge on any atom is 0.258 e. The van der Waals surface area contributed by atoms with E-state index in [-0.39, 0.29) is 0 Å². The van der Waals surface area contributed by atoms with Crippen LogP contribution in [0.15, 0.2) is 22.7 Å². The number of aromatic nitrogens is 2. The lowest BCUT2D eigenvalue weighted by molar-refractivity contribution is 0.229. The topological polar surface area (TPSA) is 64.9 Å². The second kappa shape index (κ2) is 4.23. The molecular formula is C12H11Cl2N3O. The fourth-order valence-corrected chi connectivity index (χ4v) is 2.53. The Labute approximate surface area is 114 Å². The maximum atomic E-state index is 6.14. The summed E-state index contributed by atoms with van der Waals surface area (Å²) < 4.78 is 5.22. The van der Waals surface area contributed by atoms with Crippen LogP contribution in [0.1, 0.15) is 25.1 Å². The van der Waals surface area contributed by atoms with Gasteiger partial charge in [0.1, 0.15) is 0 Å². The number of benzene rings is 1. The van der Waals surface area contributed by atoms with Crippen molar-refractivity contribution in [3.05, 3.63) is 34.1 Å². The minimum Gasteiger partial charge on any atom is -0.334 e. The summed E-state index contributed by atoms with van der Waals surface area (Å²) in [6.45, 7) is 0. The zero-order valence-corrected chi connectivity index (χ0v) is 11.0. The Morgan fingerprint density at radius 2 is 1.83 bits per heavy atom. The average Bonchev–Trinajstić information content (AvgIpc) is 2.74. The number of hydrogen-bond donors (Lipinski definition) is 1. The van der Waals surface area contributed by atoms with Gasteiger partial charge in [-0.25, -0.2) is 0 Å². The van der Waals surface area contributed by atoms with Gasteiger partial charge in [0.05, 0.1) is 5.54 Å². The minimum atomic E-state index is -0.426. The molecule has 0 radical (unpaired) electrons. The van der Waals surface area contributed by atoms with Crippen molar-refractivity contribution in [2.75, 3.05) is 0 Å². The van der Waals surface area contributed by atoms with Crippen LogP contribution in [-0.2, 0) is 5.54 Å². The van der Waals surface area contributed by atoms with E-state index < -0.39 is 5.54 Å². The van der Waals surface area contributed by atoms with Crippen LogP contribution in [0.4, 0.5) is 0 Å². The number of hydrogen-bond acceptors (Lipinski definition) is 4. The number of halogens is 2. The molecule has 1 aromatic carbocycles. The molecule has 4 nitrogen and oxygen atoms in total. The summed E-state index contributed by atoms with van der Waals surface area (Å²) in [7, 11) is 0. The van der Waals surface area contributed by atoms with Gasteiger partial charge in [-0.3, -0.25) is 0 Å². The average molecular weight is 284 g/mol. The van der Waals surface area contributed by atoms with Crippen LogP contribution in [0, 0.1) is 0 Å². The molecule has 3 rings (SSSR count). The van der Waals surface area contributed by atoms with E-state index in [1.807, 2.05) is 0 Å². The van der Waals surface area contributed by atoms with Gasteiger partial charge in [-0.1, -0.05) is 28.4 Å². The van der Waals surface area contributed by atoms with Gasteiger partial charge in [-0.05, 0) is 37.5 Å². The van der Waals surface area contributed by atoms with Gasteiger partial charge in [0.25, 0.3) is 5.89 Å². The summed E-state index contributed by atoms with van der Waals surface area (Å²) >= 11 is 11.9. The lowest BCUT2D eigenvalue weighted by atomic mass is 9.77. The molecule has 0 amide bonds. The Morgan fingerprint density at radius 3 is 2.39 bits per heavy atom. The second-order valence-electron chi connectivity index (χ2n) is 4.59. The van der Waals surface area contributed by atoms with Gasteiger partial charge in [0.15, 0.2) is 5.82 Å². The number of nitrogens with zero attached hydrogens (tertiary/aromatic N) is 2. The van der Waals surface area contributed by atoms with Gasteiger partial charge in [-0.15, -0.1) is 0 Å². The molecule has 1 aliphatic rings. The van der Waals surface area contributed by atoms with E-state index >= 15 is 0 Å². The summed E-state index contributed by atoms with van der Waals surface area (Å²) in [5.41, 5.74) is 6.41. The third kappa shape index (κ3) is 2.00. The number of nitrogens with two attached hydrogens (primary N) is 1. The molecule has 0 spiro atoms. The summed E-state index contributed by atoms with van der Waals surface area (Å²) in [5, 5.41) is 5.01. The molecule has 94 valence electrons. The molecule has 0 bridgehead atoms. The third-order valence-electron chi connectivity index (χ3n) is 3.23. The van der Waals surface area contributed by atoms with E-state index in [4.69, 9.17) is 33.5 Å². The molecule has 0 unspecified atom stereocenters. The molecule has 0 saturated heterocycles. The quantitative estimate of drug-likeness (QED) is 0.918. The summed E-state index contributed by atoms with van der Waals surface area (Å²) in [5.74, 6) is 0.950. The zero-order valence-electron chi connectivity index (χ0n) is 9.49. The predicted molar refractivity (Wildman–Crippen MR) is 69.5 cm³/mol. The minimum absolute atomic E-state index is 0.395. The molecule has 1 aliphatic carbocycles. The van der Waals surface area contributed by atoms with Gasteiger partial charge < -0.3 is 10.3 Å². The molecule has 1 aromatic heterocycles. The Balaban J connectivity index is 1.97. The van der Waals surface area contributed by atoms with Crippen molar-refractivity contribution in [2.24, 2.45) is 5.73 Å². The van der Waals surface area contributed by atoms with Gasteiger partial charge >= 0.3 is 0 Å². The van der Waals surface area contributed by atoms with Crippen molar-refractivity contribution in [3.63, 3.8) is 0 Å². The Kier molecular flexibility index (Phi) is 2.81. The van der Waals surface area contributed by atoms with Crippen LogP contribution in [0.2, 0.25) is 10.0 Å². The van der Waals surface area contributed by atoms with E-state index in [9.17, 15) is 0 Å². The number of rotatable bonds is 2. The Bertz CT molecular complexity index is 573. The molecule has 1 heterocycles. The van der Waals surface area contributed by atoms with E-state index in [1.165, 1.54) is 0 Å². The lowest BCUT2D eigenvalue weighted by Crippen LogP contribution is -2.44. The smallest absolute Gasteiger partial charge is 0.258 e. The largest absolute Gasteiger partial charge is 0.334 e. The van der Waals surface area contributed by atoms with Gasteiger partial charge in [-0.2, -0.15) is 4.98 Å². The molecule has 18 heavy (non-hydrogen) atoms. The highest BCUT2D eigenvalue weighted by atomic mass is 35.5. The first-order valence-electron chi connectivity index (χ1n) is 5.66. The van der Waals surface area contributed by atoms with E-state index in [0.717, 1.165) is 19.3 Å². The lowest BCUT2D eigenvalue weighted by Gasteiger charge is -2.34. The molecule has 6 heteroatoms. The van der Waals surface area contributed by atoms with Crippen molar-refractivity contribution in [2.45, 2.75) is 24.8 Å². The third-order valence-corrected chi connectivity index (χ3v) is 3.66. The van der Waals surface area contributed by atoms with Crippen LogP contribution in [-0.4, -0.2) is 10.1 Å². The Morgan fingerprint density at radius 1 is 1.17 bits per heavy atom. The van der Waals surface area contributed by atoms with Crippen LogP contribution in [0.25, 0.3) is 11.5 Å². The first kappa shape index (κ1) is 12.0. The van der Waals surface area contributed by atoms with Crippen molar-refractivity contribution in [1.82, 2.24) is 10.1 Å². The van der Waals surface area contributed by atoms with Gasteiger partial charge in [0, 0.05) is 15.6 Å². The van der Waals surface area contributed by atoms with Crippen LogP contribution < -0.4 is 5.73 Å². The highest BCUT2D eigenvalue weighted by Gasteiger charge is 2.39.